The number of alkyl carbamates (subject to hydrolysis) is 1. The molecule has 0 radical (unpaired) electrons. The van der Waals surface area contributed by atoms with Crippen LogP contribution in [0.3, 0.4) is 0 Å². The lowest BCUT2D eigenvalue weighted by atomic mass is 9.85. The fraction of sp³-hybridized carbons (Fsp3) is 0.375. The first-order valence-electron chi connectivity index (χ1n) is 10.7. The van der Waals surface area contributed by atoms with Crippen molar-refractivity contribution in [3.05, 3.63) is 71.3 Å². The molecule has 2 aromatic heterocycles. The molecule has 7 nitrogen and oxygen atoms in total. The van der Waals surface area contributed by atoms with Crippen LogP contribution in [0.4, 0.5) is 4.79 Å². The molecule has 1 aliphatic rings. The van der Waals surface area contributed by atoms with Crippen LogP contribution in [0.25, 0.3) is 5.52 Å². The van der Waals surface area contributed by atoms with Crippen LogP contribution in [0.15, 0.2) is 55.0 Å². The van der Waals surface area contributed by atoms with Crippen molar-refractivity contribution in [2.24, 2.45) is 0 Å². The van der Waals surface area contributed by atoms with E-state index in [0.29, 0.717) is 30.2 Å². The molecule has 32 heavy (non-hydrogen) atoms. The third kappa shape index (κ3) is 4.88. The zero-order valence-corrected chi connectivity index (χ0v) is 19.2. The van der Waals surface area contributed by atoms with Crippen LogP contribution in [0.5, 0.6) is 0 Å². The number of nitrogens with one attached hydrogen (secondary N) is 1. The Kier molecular flexibility index (Phi) is 6.11. The predicted octanol–water partition coefficient (Wildman–Crippen LogP) is 4.51. The maximum absolute atomic E-state index is 13.4. The van der Waals surface area contributed by atoms with Gasteiger partial charge >= 0.3 is 6.09 Å². The number of likely N-dealkylation sites (tertiary alicyclic amines) is 1. The number of nitrogens with zero attached hydrogens (tertiary/aromatic N) is 3. The number of fused-ring (bicyclic) bond motifs is 1. The SMILES string of the molecule is CC(C)(C)OC(=O)N[C@@H]1CN(C(=O)c2cccc3cncn23)CC[C@H]1c1cccc(Cl)c1. The first-order chi connectivity index (χ1) is 15.2. The van der Waals surface area contributed by atoms with Gasteiger partial charge in [-0.15, -0.1) is 0 Å². The van der Waals surface area contributed by atoms with Crippen LogP contribution < -0.4 is 5.32 Å². The number of ether oxygens (including phenoxy) is 1. The number of amides is 2. The summed E-state index contributed by atoms with van der Waals surface area (Å²) in [5.74, 6) is -0.0940. The minimum Gasteiger partial charge on any atom is -0.444 e. The second kappa shape index (κ2) is 8.82. The van der Waals surface area contributed by atoms with E-state index >= 15 is 0 Å². The number of benzene rings is 1. The Morgan fingerprint density at radius 3 is 2.72 bits per heavy atom. The van der Waals surface area contributed by atoms with Gasteiger partial charge in [-0.3, -0.25) is 9.20 Å². The van der Waals surface area contributed by atoms with Crippen molar-refractivity contribution >= 4 is 29.1 Å². The summed E-state index contributed by atoms with van der Waals surface area (Å²) < 4.78 is 7.26. The molecular weight excluding hydrogens is 428 g/mol. The normalized spacial score (nSPS) is 19.1. The summed E-state index contributed by atoms with van der Waals surface area (Å²) in [5.41, 5.74) is 1.81. The van der Waals surface area contributed by atoms with E-state index in [-0.39, 0.29) is 17.9 Å². The largest absolute Gasteiger partial charge is 0.444 e. The summed E-state index contributed by atoms with van der Waals surface area (Å²) in [6, 6.07) is 12.9. The highest BCUT2D eigenvalue weighted by Gasteiger charge is 2.35. The number of piperidine rings is 1. The Morgan fingerprint density at radius 2 is 1.97 bits per heavy atom. The molecule has 2 amide bonds. The Labute approximate surface area is 192 Å². The molecule has 1 N–H and O–H groups in total. The zero-order valence-electron chi connectivity index (χ0n) is 18.4. The average Bonchev–Trinajstić information content (AvgIpc) is 3.20. The summed E-state index contributed by atoms with van der Waals surface area (Å²) in [6.07, 6.45) is 3.54. The van der Waals surface area contributed by atoms with Crippen molar-refractivity contribution < 1.29 is 14.3 Å². The van der Waals surface area contributed by atoms with Crippen molar-refractivity contribution in [3.63, 3.8) is 0 Å². The van der Waals surface area contributed by atoms with E-state index in [1.807, 2.05) is 57.2 Å². The third-order valence-electron chi connectivity index (χ3n) is 5.55. The van der Waals surface area contributed by atoms with E-state index in [0.717, 1.165) is 11.1 Å². The molecule has 8 heteroatoms. The number of aromatic nitrogens is 2. The lowest BCUT2D eigenvalue weighted by Crippen LogP contribution is -2.54. The van der Waals surface area contributed by atoms with Gasteiger partial charge in [0.15, 0.2) is 0 Å². The van der Waals surface area contributed by atoms with Gasteiger partial charge in [0.25, 0.3) is 5.91 Å². The van der Waals surface area contributed by atoms with E-state index in [4.69, 9.17) is 16.3 Å². The van der Waals surface area contributed by atoms with E-state index in [2.05, 4.69) is 10.3 Å². The number of hydrogen-bond acceptors (Lipinski definition) is 4. The number of carbonyl (C=O) groups is 2. The highest BCUT2D eigenvalue weighted by molar-refractivity contribution is 6.30. The Bertz CT molecular complexity index is 1140. The van der Waals surface area contributed by atoms with Gasteiger partial charge in [0.2, 0.25) is 0 Å². The van der Waals surface area contributed by atoms with Gasteiger partial charge in [0, 0.05) is 24.0 Å². The average molecular weight is 455 g/mol. The van der Waals surface area contributed by atoms with Gasteiger partial charge in [-0.1, -0.05) is 29.8 Å². The fourth-order valence-electron chi connectivity index (χ4n) is 4.16. The van der Waals surface area contributed by atoms with Gasteiger partial charge in [-0.25, -0.2) is 9.78 Å². The summed E-state index contributed by atoms with van der Waals surface area (Å²) in [5, 5.41) is 3.64. The molecule has 0 aliphatic carbocycles. The van der Waals surface area contributed by atoms with Crippen molar-refractivity contribution in [2.75, 3.05) is 13.1 Å². The quantitative estimate of drug-likeness (QED) is 0.631. The Balaban J connectivity index is 1.59. The molecule has 0 spiro atoms. The number of carbonyl (C=O) groups excluding carboxylic acids is 2. The lowest BCUT2D eigenvalue weighted by Gasteiger charge is -2.39. The highest BCUT2D eigenvalue weighted by Crippen LogP contribution is 2.31. The molecule has 4 rings (SSSR count). The van der Waals surface area contributed by atoms with Crippen LogP contribution in [0.2, 0.25) is 5.02 Å². The van der Waals surface area contributed by atoms with Crippen LogP contribution in [-0.2, 0) is 4.74 Å². The van der Waals surface area contributed by atoms with Gasteiger partial charge in [-0.05, 0) is 57.0 Å². The number of hydrogen-bond donors (Lipinski definition) is 1. The third-order valence-corrected chi connectivity index (χ3v) is 5.78. The number of imidazole rings is 1. The molecule has 2 atom stereocenters. The molecule has 3 aromatic rings. The fourth-order valence-corrected chi connectivity index (χ4v) is 4.36. The summed E-state index contributed by atoms with van der Waals surface area (Å²) in [6.45, 7) is 6.39. The minimum absolute atomic E-state index is 0.00862. The van der Waals surface area contributed by atoms with Crippen molar-refractivity contribution in [2.45, 2.75) is 44.8 Å². The van der Waals surface area contributed by atoms with Gasteiger partial charge in [0.1, 0.15) is 11.3 Å². The molecule has 1 fully saturated rings. The highest BCUT2D eigenvalue weighted by atomic mass is 35.5. The maximum atomic E-state index is 13.4. The lowest BCUT2D eigenvalue weighted by molar-refractivity contribution is 0.0434. The van der Waals surface area contributed by atoms with Crippen LogP contribution in [-0.4, -0.2) is 51.0 Å². The van der Waals surface area contributed by atoms with Crippen molar-refractivity contribution in [3.8, 4) is 0 Å². The molecule has 0 bridgehead atoms. The van der Waals surface area contributed by atoms with E-state index in [9.17, 15) is 9.59 Å². The van der Waals surface area contributed by atoms with Gasteiger partial charge in [0.05, 0.1) is 24.1 Å². The zero-order chi connectivity index (χ0) is 22.9. The number of rotatable bonds is 3. The molecule has 0 saturated carbocycles. The molecule has 1 aromatic carbocycles. The monoisotopic (exact) mass is 454 g/mol. The van der Waals surface area contributed by atoms with Crippen LogP contribution >= 0.6 is 11.6 Å². The van der Waals surface area contributed by atoms with E-state index in [1.165, 1.54) is 0 Å². The number of halogens is 1. The van der Waals surface area contributed by atoms with Gasteiger partial charge < -0.3 is 15.0 Å². The Hall–Kier alpha value is -3.06. The topological polar surface area (TPSA) is 75.9 Å². The summed E-state index contributed by atoms with van der Waals surface area (Å²) in [7, 11) is 0. The summed E-state index contributed by atoms with van der Waals surface area (Å²) in [4.78, 5) is 31.9. The molecule has 3 heterocycles. The first-order valence-corrected chi connectivity index (χ1v) is 11.0. The molecule has 0 unspecified atom stereocenters. The number of pyridine rings is 1. The first kappa shape index (κ1) is 22.1. The van der Waals surface area contributed by atoms with E-state index in [1.54, 1.807) is 27.9 Å². The Morgan fingerprint density at radius 1 is 1.19 bits per heavy atom. The molecule has 168 valence electrons. The minimum atomic E-state index is -0.614. The predicted molar refractivity (Wildman–Crippen MR) is 123 cm³/mol. The maximum Gasteiger partial charge on any atom is 0.407 e. The van der Waals surface area contributed by atoms with Gasteiger partial charge in [-0.2, -0.15) is 0 Å². The molecule has 1 aliphatic heterocycles. The standard InChI is InChI=1S/C24H27ClN4O3/c1-24(2,3)32-23(31)27-20-14-28(11-10-19(20)16-6-4-7-17(25)12-16)22(30)21-9-5-8-18-13-26-15-29(18)21/h4-9,12-13,15,19-20H,10-11,14H2,1-3H3,(H,27,31)/t19-,20+/m0/s1. The second-order valence-electron chi connectivity index (χ2n) is 9.05. The van der Waals surface area contributed by atoms with Crippen molar-refractivity contribution in [1.82, 2.24) is 19.6 Å². The smallest absolute Gasteiger partial charge is 0.407 e. The molecule has 1 saturated heterocycles. The summed E-state index contributed by atoms with van der Waals surface area (Å²) >= 11 is 6.22. The van der Waals surface area contributed by atoms with Crippen LogP contribution in [0.1, 0.15) is 49.2 Å². The van der Waals surface area contributed by atoms with Crippen molar-refractivity contribution in [1.29, 1.82) is 0 Å². The molecular formula is C24H27ClN4O3. The van der Waals surface area contributed by atoms with E-state index < -0.39 is 11.7 Å². The second-order valence-corrected chi connectivity index (χ2v) is 9.49. The van der Waals surface area contributed by atoms with Crippen LogP contribution in [0, 0.1) is 0 Å².